The molecule has 7 heteroatoms. The van der Waals surface area contributed by atoms with Crippen molar-refractivity contribution < 1.29 is 4.79 Å². The molecule has 1 aromatic carbocycles. The molecular weight excluding hydrogens is 308 g/mol. The first-order valence-corrected chi connectivity index (χ1v) is 8.19. The number of rotatable bonds is 7. The van der Waals surface area contributed by atoms with E-state index in [1.54, 1.807) is 11.8 Å². The second kappa shape index (κ2) is 8.05. The molecule has 0 bridgehead atoms. The van der Waals surface area contributed by atoms with Crippen LogP contribution >= 0.6 is 23.4 Å². The molecule has 0 aliphatic carbocycles. The van der Waals surface area contributed by atoms with Crippen molar-refractivity contribution in [3.8, 4) is 0 Å². The lowest BCUT2D eigenvalue weighted by atomic mass is 10.2. The van der Waals surface area contributed by atoms with Crippen molar-refractivity contribution in [1.29, 1.82) is 0 Å². The van der Waals surface area contributed by atoms with Crippen LogP contribution in [0.1, 0.15) is 30.8 Å². The molecule has 21 heavy (non-hydrogen) atoms. The van der Waals surface area contributed by atoms with Gasteiger partial charge in [-0.15, -0.1) is 11.8 Å². The number of carbonyl (C=O) groups excluding carboxylic acids is 1. The molecule has 5 nitrogen and oxygen atoms in total. The minimum absolute atomic E-state index is 0.00258. The summed E-state index contributed by atoms with van der Waals surface area (Å²) in [6, 6.07) is 7.53. The molecule has 1 amide bonds. The number of aromatic amines is 1. The van der Waals surface area contributed by atoms with E-state index >= 15 is 0 Å². The van der Waals surface area contributed by atoms with Gasteiger partial charge in [0.05, 0.1) is 11.8 Å². The van der Waals surface area contributed by atoms with Crippen molar-refractivity contribution in [2.24, 2.45) is 0 Å². The molecule has 112 valence electrons. The van der Waals surface area contributed by atoms with E-state index in [4.69, 9.17) is 11.6 Å². The van der Waals surface area contributed by atoms with Crippen LogP contribution in [0.2, 0.25) is 5.02 Å². The van der Waals surface area contributed by atoms with E-state index < -0.39 is 0 Å². The van der Waals surface area contributed by atoms with Gasteiger partial charge in [0.2, 0.25) is 5.91 Å². The number of hydrogen-bond acceptors (Lipinski definition) is 4. The van der Waals surface area contributed by atoms with Gasteiger partial charge < -0.3 is 5.32 Å². The van der Waals surface area contributed by atoms with E-state index in [1.807, 2.05) is 31.2 Å². The number of nitrogens with zero attached hydrogens (tertiary/aromatic N) is 2. The predicted octanol–water partition coefficient (Wildman–Crippen LogP) is 2.96. The fourth-order valence-corrected chi connectivity index (χ4v) is 2.75. The standard InChI is InChI=1S/C14H17ClN4OS/c1-2-12(14-16-9-17-19-14)18-13(20)8-21-7-10-3-5-11(15)6-4-10/h3-6,9,12H,2,7-8H2,1H3,(H,18,20)(H,16,17,19)/t12-/m0/s1. The van der Waals surface area contributed by atoms with Gasteiger partial charge in [-0.25, -0.2) is 4.98 Å². The maximum absolute atomic E-state index is 11.9. The SMILES string of the molecule is CC[C@H](NC(=O)CSCc1ccc(Cl)cc1)c1ncn[nH]1. The number of halogens is 1. The van der Waals surface area contributed by atoms with Gasteiger partial charge in [0.1, 0.15) is 12.2 Å². The fraction of sp³-hybridized carbons (Fsp3) is 0.357. The summed E-state index contributed by atoms with van der Waals surface area (Å²) in [5.74, 6) is 1.88. The molecule has 2 rings (SSSR count). The zero-order valence-electron chi connectivity index (χ0n) is 11.7. The Morgan fingerprint density at radius 1 is 1.43 bits per heavy atom. The lowest BCUT2D eigenvalue weighted by Crippen LogP contribution is -2.30. The normalized spacial score (nSPS) is 12.1. The van der Waals surface area contributed by atoms with Gasteiger partial charge in [-0.05, 0) is 24.1 Å². The van der Waals surface area contributed by atoms with Crippen molar-refractivity contribution in [2.45, 2.75) is 25.1 Å². The molecular formula is C14H17ClN4OS. The maximum Gasteiger partial charge on any atom is 0.230 e. The van der Waals surface area contributed by atoms with Gasteiger partial charge in [0.15, 0.2) is 0 Å². The van der Waals surface area contributed by atoms with Crippen molar-refractivity contribution in [3.05, 3.63) is 47.0 Å². The lowest BCUT2D eigenvalue weighted by Gasteiger charge is -2.13. The largest absolute Gasteiger partial charge is 0.345 e. The minimum atomic E-state index is -0.115. The van der Waals surface area contributed by atoms with Crippen LogP contribution in [0.25, 0.3) is 0 Å². The lowest BCUT2D eigenvalue weighted by molar-refractivity contribution is -0.119. The first-order valence-electron chi connectivity index (χ1n) is 6.66. The predicted molar refractivity (Wildman–Crippen MR) is 85.2 cm³/mol. The molecule has 0 fully saturated rings. The van der Waals surface area contributed by atoms with Crippen molar-refractivity contribution >= 4 is 29.3 Å². The van der Waals surface area contributed by atoms with Crippen LogP contribution in [0, 0.1) is 0 Å². The second-order valence-corrected chi connectivity index (χ2v) is 5.94. The Hall–Kier alpha value is -1.53. The summed E-state index contributed by atoms with van der Waals surface area (Å²) >= 11 is 7.40. The molecule has 0 aliphatic rings. The molecule has 2 N–H and O–H groups in total. The van der Waals surface area contributed by atoms with Gasteiger partial charge in [-0.3, -0.25) is 9.89 Å². The van der Waals surface area contributed by atoms with Gasteiger partial charge in [0, 0.05) is 10.8 Å². The summed E-state index contributed by atoms with van der Waals surface area (Å²) in [4.78, 5) is 16.0. The topological polar surface area (TPSA) is 70.7 Å². The van der Waals surface area contributed by atoms with Crippen LogP contribution in [0.3, 0.4) is 0 Å². The Labute approximate surface area is 132 Å². The fourth-order valence-electron chi connectivity index (χ4n) is 1.82. The Bertz CT molecular complexity index is 559. The third-order valence-corrected chi connectivity index (χ3v) is 4.18. The number of benzene rings is 1. The Morgan fingerprint density at radius 2 is 2.19 bits per heavy atom. The number of carbonyl (C=O) groups is 1. The second-order valence-electron chi connectivity index (χ2n) is 4.52. The Balaban J connectivity index is 1.75. The van der Waals surface area contributed by atoms with Crippen LogP contribution in [0.5, 0.6) is 0 Å². The number of thioether (sulfide) groups is 1. The van der Waals surface area contributed by atoms with Crippen molar-refractivity contribution in [3.63, 3.8) is 0 Å². The van der Waals surface area contributed by atoms with E-state index in [0.717, 1.165) is 22.8 Å². The quantitative estimate of drug-likeness (QED) is 0.821. The molecule has 0 saturated heterocycles. The third kappa shape index (κ3) is 5.06. The van der Waals surface area contributed by atoms with Gasteiger partial charge in [-0.2, -0.15) is 5.10 Å². The molecule has 1 aromatic heterocycles. The first kappa shape index (κ1) is 15.9. The van der Waals surface area contributed by atoms with Crippen molar-refractivity contribution in [2.75, 3.05) is 5.75 Å². The number of aromatic nitrogens is 3. The summed E-state index contributed by atoms with van der Waals surface area (Å²) in [6.07, 6.45) is 2.21. The Morgan fingerprint density at radius 3 is 2.81 bits per heavy atom. The van der Waals surface area contributed by atoms with E-state index in [9.17, 15) is 4.79 Å². The molecule has 2 aromatic rings. The average Bonchev–Trinajstić information content (AvgIpc) is 3.01. The smallest absolute Gasteiger partial charge is 0.230 e. The molecule has 0 unspecified atom stereocenters. The molecule has 0 spiro atoms. The van der Waals surface area contributed by atoms with Gasteiger partial charge in [-0.1, -0.05) is 30.7 Å². The number of hydrogen-bond donors (Lipinski definition) is 2. The number of nitrogens with one attached hydrogen (secondary N) is 2. The van der Waals surface area contributed by atoms with Crippen LogP contribution in [-0.4, -0.2) is 26.8 Å². The third-order valence-electron chi connectivity index (χ3n) is 2.92. The highest BCUT2D eigenvalue weighted by molar-refractivity contribution is 7.99. The monoisotopic (exact) mass is 324 g/mol. The maximum atomic E-state index is 11.9. The zero-order valence-corrected chi connectivity index (χ0v) is 13.2. The van der Waals surface area contributed by atoms with Crippen LogP contribution < -0.4 is 5.32 Å². The first-order chi connectivity index (χ1) is 10.2. The highest BCUT2D eigenvalue weighted by Crippen LogP contribution is 2.16. The van der Waals surface area contributed by atoms with Crippen LogP contribution in [0.15, 0.2) is 30.6 Å². The molecule has 1 atom stereocenters. The van der Waals surface area contributed by atoms with E-state index in [1.165, 1.54) is 6.33 Å². The van der Waals surface area contributed by atoms with E-state index in [-0.39, 0.29) is 11.9 Å². The van der Waals surface area contributed by atoms with E-state index in [0.29, 0.717) is 11.6 Å². The molecule has 0 saturated carbocycles. The number of H-pyrrole nitrogens is 1. The molecule has 0 aliphatic heterocycles. The van der Waals surface area contributed by atoms with Crippen molar-refractivity contribution in [1.82, 2.24) is 20.5 Å². The minimum Gasteiger partial charge on any atom is -0.345 e. The number of amides is 1. The zero-order chi connectivity index (χ0) is 15.1. The highest BCUT2D eigenvalue weighted by Gasteiger charge is 2.14. The highest BCUT2D eigenvalue weighted by atomic mass is 35.5. The molecule has 1 heterocycles. The van der Waals surface area contributed by atoms with Crippen LogP contribution in [0.4, 0.5) is 0 Å². The summed E-state index contributed by atoms with van der Waals surface area (Å²) in [7, 11) is 0. The van der Waals surface area contributed by atoms with Crippen LogP contribution in [-0.2, 0) is 10.5 Å². The molecule has 0 radical (unpaired) electrons. The van der Waals surface area contributed by atoms with Gasteiger partial charge >= 0.3 is 0 Å². The average molecular weight is 325 g/mol. The summed E-state index contributed by atoms with van der Waals surface area (Å²) in [5, 5.41) is 10.3. The summed E-state index contributed by atoms with van der Waals surface area (Å²) in [6.45, 7) is 1.99. The van der Waals surface area contributed by atoms with Gasteiger partial charge in [0.25, 0.3) is 0 Å². The summed E-state index contributed by atoms with van der Waals surface area (Å²) in [5.41, 5.74) is 1.15. The van der Waals surface area contributed by atoms with E-state index in [2.05, 4.69) is 20.5 Å². The summed E-state index contributed by atoms with van der Waals surface area (Å²) < 4.78 is 0. The Kier molecular flexibility index (Phi) is 6.07.